The molecule has 132 valence electrons. The molecule has 0 aromatic heterocycles. The van der Waals surface area contributed by atoms with Crippen LogP contribution in [0.5, 0.6) is 5.75 Å². The van der Waals surface area contributed by atoms with E-state index >= 15 is 0 Å². The number of carbonyl (C=O) groups is 1. The van der Waals surface area contributed by atoms with Crippen molar-refractivity contribution in [1.29, 1.82) is 0 Å². The van der Waals surface area contributed by atoms with Crippen LogP contribution in [-0.4, -0.2) is 63.4 Å². The van der Waals surface area contributed by atoms with E-state index < -0.39 is 48.1 Å². The predicted molar refractivity (Wildman–Crippen MR) is 79.1 cm³/mol. The Morgan fingerprint density at radius 2 is 2.04 bits per heavy atom. The van der Waals surface area contributed by atoms with Gasteiger partial charge >= 0.3 is 5.69 Å². The zero-order valence-electron chi connectivity index (χ0n) is 12.7. The maximum atomic E-state index is 11.3. The Labute approximate surface area is 136 Å². The molecular formula is C14H18N2O8. The van der Waals surface area contributed by atoms with Crippen LogP contribution in [0.15, 0.2) is 24.3 Å². The van der Waals surface area contributed by atoms with Crippen molar-refractivity contribution in [2.45, 2.75) is 37.6 Å². The molecule has 0 bridgehead atoms. The summed E-state index contributed by atoms with van der Waals surface area (Å²) in [6.45, 7) is 0.584. The zero-order chi connectivity index (χ0) is 17.9. The van der Waals surface area contributed by atoms with Crippen LogP contribution in [0.3, 0.4) is 0 Å². The smallest absolute Gasteiger partial charge is 0.311 e. The van der Waals surface area contributed by atoms with E-state index in [2.05, 4.69) is 5.32 Å². The lowest BCUT2D eigenvalue weighted by Gasteiger charge is -2.41. The third-order valence-corrected chi connectivity index (χ3v) is 3.56. The number of benzene rings is 1. The largest absolute Gasteiger partial charge is 0.455 e. The molecule has 1 heterocycles. The number of hydrogen-bond acceptors (Lipinski definition) is 8. The molecule has 1 aliphatic heterocycles. The van der Waals surface area contributed by atoms with Crippen LogP contribution in [0, 0.1) is 10.1 Å². The van der Waals surface area contributed by atoms with Crippen molar-refractivity contribution < 1.29 is 34.5 Å². The summed E-state index contributed by atoms with van der Waals surface area (Å²) in [5.74, 6) is -0.656. The van der Waals surface area contributed by atoms with Crippen LogP contribution in [0.1, 0.15) is 6.92 Å². The monoisotopic (exact) mass is 342 g/mol. The van der Waals surface area contributed by atoms with Gasteiger partial charge in [-0.25, -0.2) is 0 Å². The number of nitro groups is 1. The van der Waals surface area contributed by atoms with E-state index in [1.807, 2.05) is 0 Å². The lowest BCUT2D eigenvalue weighted by Crippen LogP contribution is -2.65. The molecule has 1 aliphatic rings. The zero-order valence-corrected chi connectivity index (χ0v) is 12.7. The first-order valence-corrected chi connectivity index (χ1v) is 7.14. The van der Waals surface area contributed by atoms with Crippen molar-refractivity contribution in [3.63, 3.8) is 0 Å². The second-order valence-electron chi connectivity index (χ2n) is 5.28. The van der Waals surface area contributed by atoms with E-state index in [4.69, 9.17) is 9.47 Å². The van der Waals surface area contributed by atoms with E-state index in [0.717, 1.165) is 0 Å². The minimum absolute atomic E-state index is 0.136. The number of amides is 1. The highest BCUT2D eigenvalue weighted by atomic mass is 16.7. The van der Waals surface area contributed by atoms with Gasteiger partial charge in [-0.15, -0.1) is 0 Å². The number of nitro benzene ring substituents is 1. The van der Waals surface area contributed by atoms with E-state index in [1.54, 1.807) is 0 Å². The predicted octanol–water partition coefficient (Wildman–Crippen LogP) is -1.08. The summed E-state index contributed by atoms with van der Waals surface area (Å²) >= 11 is 0. The van der Waals surface area contributed by atoms with E-state index in [1.165, 1.54) is 31.2 Å². The molecule has 0 saturated carbocycles. The Morgan fingerprint density at radius 3 is 2.62 bits per heavy atom. The quantitative estimate of drug-likeness (QED) is 0.389. The molecule has 0 aliphatic carbocycles. The first kappa shape index (κ1) is 18.1. The van der Waals surface area contributed by atoms with Gasteiger partial charge in [-0.3, -0.25) is 14.9 Å². The molecule has 4 N–H and O–H groups in total. The maximum absolute atomic E-state index is 11.3. The molecule has 1 saturated heterocycles. The summed E-state index contributed by atoms with van der Waals surface area (Å²) in [5, 5.41) is 42.7. The second kappa shape index (κ2) is 7.53. The standard InChI is InChI=1S/C14H18N2O8/c1-7(18)15-11-13(20)12(19)10(6-17)24-14(11)23-9-5-3-2-4-8(9)16(21)22/h2-5,10-14,17,19-20H,6H2,1H3,(H,15,18)/t10-,11+,12+,13-,14+/m1/s1. The van der Waals surface area contributed by atoms with E-state index in [9.17, 15) is 30.2 Å². The molecule has 1 fully saturated rings. The maximum Gasteiger partial charge on any atom is 0.311 e. The summed E-state index contributed by atoms with van der Waals surface area (Å²) in [5.41, 5.74) is -0.330. The first-order valence-electron chi connectivity index (χ1n) is 7.14. The average Bonchev–Trinajstić information content (AvgIpc) is 2.54. The van der Waals surface area contributed by atoms with Gasteiger partial charge in [-0.2, -0.15) is 0 Å². The van der Waals surface area contributed by atoms with Crippen LogP contribution in [0.25, 0.3) is 0 Å². The van der Waals surface area contributed by atoms with Crippen LogP contribution in [0.4, 0.5) is 5.69 Å². The molecule has 1 aromatic carbocycles. The molecule has 2 rings (SSSR count). The van der Waals surface area contributed by atoms with Crippen molar-refractivity contribution >= 4 is 11.6 Å². The Hall–Kier alpha value is -2.27. The summed E-state index contributed by atoms with van der Waals surface area (Å²) in [4.78, 5) is 21.7. The van der Waals surface area contributed by atoms with E-state index in [-0.39, 0.29) is 11.4 Å². The van der Waals surface area contributed by atoms with Gasteiger partial charge in [-0.1, -0.05) is 12.1 Å². The number of para-hydroxylation sites is 2. The molecule has 1 aromatic rings. The van der Waals surface area contributed by atoms with Crippen molar-refractivity contribution in [3.8, 4) is 5.75 Å². The summed E-state index contributed by atoms with van der Waals surface area (Å²) < 4.78 is 10.8. The number of hydrogen-bond donors (Lipinski definition) is 4. The minimum atomic E-state index is -1.49. The van der Waals surface area contributed by atoms with Crippen LogP contribution in [0.2, 0.25) is 0 Å². The van der Waals surface area contributed by atoms with Gasteiger partial charge in [0.2, 0.25) is 12.2 Å². The van der Waals surface area contributed by atoms with Crippen LogP contribution < -0.4 is 10.1 Å². The summed E-state index contributed by atoms with van der Waals surface area (Å²) in [6, 6.07) is 4.33. The Kier molecular flexibility index (Phi) is 5.67. The SMILES string of the molecule is CC(=O)N[C@@H]1[C@@H](Oc2ccccc2[N+](=O)[O-])O[C@H](CO)[C@H](O)[C@@H]1O. The highest BCUT2D eigenvalue weighted by Gasteiger charge is 2.46. The molecule has 1 amide bonds. The number of nitrogens with one attached hydrogen (secondary N) is 1. The van der Waals surface area contributed by atoms with Crippen molar-refractivity contribution in [3.05, 3.63) is 34.4 Å². The Balaban J connectivity index is 2.30. The van der Waals surface area contributed by atoms with Gasteiger partial charge in [0.1, 0.15) is 24.4 Å². The molecule has 0 radical (unpaired) electrons. The van der Waals surface area contributed by atoms with E-state index in [0.29, 0.717) is 0 Å². The molecule has 10 nitrogen and oxygen atoms in total. The van der Waals surface area contributed by atoms with Crippen LogP contribution in [-0.2, 0) is 9.53 Å². The normalized spacial score (nSPS) is 29.8. The van der Waals surface area contributed by atoms with Crippen molar-refractivity contribution in [2.75, 3.05) is 6.61 Å². The topological polar surface area (TPSA) is 151 Å². The highest BCUT2D eigenvalue weighted by molar-refractivity contribution is 5.73. The molecule has 0 spiro atoms. The fraction of sp³-hybridized carbons (Fsp3) is 0.500. The Bertz CT molecular complexity index is 610. The number of aliphatic hydroxyl groups is 3. The summed E-state index contributed by atoms with van der Waals surface area (Å²) in [7, 11) is 0. The van der Waals surface area contributed by atoms with Gasteiger partial charge in [0.05, 0.1) is 11.5 Å². The number of nitrogens with zero attached hydrogens (tertiary/aromatic N) is 1. The van der Waals surface area contributed by atoms with Gasteiger partial charge < -0.3 is 30.1 Å². The van der Waals surface area contributed by atoms with Crippen LogP contribution >= 0.6 is 0 Å². The Morgan fingerprint density at radius 1 is 1.38 bits per heavy atom. The fourth-order valence-corrected chi connectivity index (χ4v) is 2.40. The van der Waals surface area contributed by atoms with Gasteiger partial charge in [0.25, 0.3) is 0 Å². The van der Waals surface area contributed by atoms with Gasteiger partial charge in [0, 0.05) is 13.0 Å². The number of ether oxygens (including phenoxy) is 2. The number of rotatable bonds is 5. The lowest BCUT2D eigenvalue weighted by molar-refractivity contribution is -0.386. The third kappa shape index (κ3) is 3.79. The molecular weight excluding hydrogens is 324 g/mol. The lowest BCUT2D eigenvalue weighted by atomic mass is 9.97. The first-order chi connectivity index (χ1) is 11.3. The van der Waals surface area contributed by atoms with Crippen molar-refractivity contribution in [2.24, 2.45) is 0 Å². The number of carbonyl (C=O) groups excluding carboxylic acids is 1. The minimum Gasteiger partial charge on any atom is -0.455 e. The van der Waals surface area contributed by atoms with Gasteiger partial charge in [0.15, 0.2) is 5.75 Å². The average molecular weight is 342 g/mol. The van der Waals surface area contributed by atoms with Crippen molar-refractivity contribution in [1.82, 2.24) is 5.32 Å². The fourth-order valence-electron chi connectivity index (χ4n) is 2.40. The molecule has 24 heavy (non-hydrogen) atoms. The highest BCUT2D eigenvalue weighted by Crippen LogP contribution is 2.30. The number of aliphatic hydroxyl groups excluding tert-OH is 3. The molecule has 0 unspecified atom stereocenters. The second-order valence-corrected chi connectivity index (χ2v) is 5.28. The van der Waals surface area contributed by atoms with Gasteiger partial charge in [-0.05, 0) is 6.07 Å². The summed E-state index contributed by atoms with van der Waals surface area (Å²) in [6.07, 6.45) is -5.46. The molecule has 10 heteroatoms. The third-order valence-electron chi connectivity index (χ3n) is 3.56. The molecule has 5 atom stereocenters.